The third-order valence-electron chi connectivity index (χ3n) is 1.99. The minimum absolute atomic E-state index is 0.149. The second kappa shape index (κ2) is 6.61. The number of rotatable bonds is 5. The van der Waals surface area contributed by atoms with E-state index in [4.69, 9.17) is 5.26 Å². The zero-order valence-electron chi connectivity index (χ0n) is 8.48. The van der Waals surface area contributed by atoms with Crippen molar-refractivity contribution >= 4 is 5.97 Å². The van der Waals surface area contributed by atoms with Gasteiger partial charge in [0.1, 0.15) is 6.07 Å². The van der Waals surface area contributed by atoms with E-state index in [9.17, 15) is 4.79 Å². The number of ether oxygens (including phenoxy) is 1. The van der Waals surface area contributed by atoms with E-state index in [1.165, 1.54) is 5.56 Å². The zero-order valence-corrected chi connectivity index (χ0v) is 8.48. The SMILES string of the molecule is N#CCOC(=O)CCCc1ccccc1. The number of hydrogen-bond acceptors (Lipinski definition) is 3. The first kappa shape index (κ1) is 11.3. The lowest BCUT2D eigenvalue weighted by Gasteiger charge is -2.01. The fraction of sp³-hybridized carbons (Fsp3) is 0.333. The molecule has 0 aliphatic carbocycles. The van der Waals surface area contributed by atoms with E-state index < -0.39 is 0 Å². The predicted molar refractivity (Wildman–Crippen MR) is 56.0 cm³/mol. The zero-order chi connectivity index (χ0) is 10.9. The Morgan fingerprint density at radius 3 is 2.73 bits per heavy atom. The molecular formula is C12H13NO2. The van der Waals surface area contributed by atoms with Crippen LogP contribution < -0.4 is 0 Å². The average molecular weight is 203 g/mol. The van der Waals surface area contributed by atoms with Gasteiger partial charge in [-0.1, -0.05) is 30.3 Å². The van der Waals surface area contributed by atoms with Crippen LogP contribution in [-0.2, 0) is 16.0 Å². The first-order chi connectivity index (χ1) is 7.33. The van der Waals surface area contributed by atoms with Gasteiger partial charge < -0.3 is 4.74 Å². The molecule has 0 heterocycles. The summed E-state index contributed by atoms with van der Waals surface area (Å²) in [4.78, 5) is 11.0. The fourth-order valence-corrected chi connectivity index (χ4v) is 1.27. The summed E-state index contributed by atoms with van der Waals surface area (Å²) in [6.07, 6.45) is 1.99. The highest BCUT2D eigenvalue weighted by atomic mass is 16.5. The number of nitriles is 1. The fourth-order valence-electron chi connectivity index (χ4n) is 1.27. The van der Waals surface area contributed by atoms with Gasteiger partial charge in [0.05, 0.1) is 0 Å². The van der Waals surface area contributed by atoms with Gasteiger partial charge in [0.15, 0.2) is 6.61 Å². The summed E-state index contributed by atoms with van der Waals surface area (Å²) < 4.78 is 4.63. The van der Waals surface area contributed by atoms with Crippen molar-refractivity contribution in [3.63, 3.8) is 0 Å². The van der Waals surface area contributed by atoms with Gasteiger partial charge in [-0.05, 0) is 18.4 Å². The molecule has 15 heavy (non-hydrogen) atoms. The van der Waals surface area contributed by atoms with Crippen LogP contribution in [0.25, 0.3) is 0 Å². The van der Waals surface area contributed by atoms with E-state index in [1.807, 2.05) is 30.3 Å². The molecule has 0 atom stereocenters. The maximum Gasteiger partial charge on any atom is 0.306 e. The summed E-state index contributed by atoms with van der Waals surface area (Å²) in [7, 11) is 0. The van der Waals surface area contributed by atoms with Gasteiger partial charge in [-0.2, -0.15) is 5.26 Å². The Morgan fingerprint density at radius 2 is 2.07 bits per heavy atom. The van der Waals surface area contributed by atoms with E-state index in [1.54, 1.807) is 6.07 Å². The summed E-state index contributed by atoms with van der Waals surface area (Å²) in [5, 5.41) is 8.19. The number of benzene rings is 1. The van der Waals surface area contributed by atoms with Crippen LogP contribution in [-0.4, -0.2) is 12.6 Å². The minimum atomic E-state index is -0.299. The lowest BCUT2D eigenvalue weighted by Crippen LogP contribution is -2.04. The van der Waals surface area contributed by atoms with Gasteiger partial charge in [0.2, 0.25) is 0 Å². The average Bonchev–Trinajstić information content (AvgIpc) is 2.28. The molecule has 0 N–H and O–H groups in total. The summed E-state index contributed by atoms with van der Waals surface area (Å²) in [6, 6.07) is 11.7. The van der Waals surface area contributed by atoms with Crippen LogP contribution in [0.1, 0.15) is 18.4 Å². The summed E-state index contributed by atoms with van der Waals surface area (Å²) in [5.41, 5.74) is 1.21. The van der Waals surface area contributed by atoms with Gasteiger partial charge >= 0.3 is 5.97 Å². The standard InChI is InChI=1S/C12H13NO2/c13-9-10-15-12(14)8-4-7-11-5-2-1-3-6-11/h1-3,5-6H,4,7-8,10H2. The minimum Gasteiger partial charge on any atom is -0.450 e. The molecule has 78 valence electrons. The monoisotopic (exact) mass is 203 g/mol. The molecule has 0 aliphatic heterocycles. The molecule has 0 aliphatic rings. The number of hydrogen-bond donors (Lipinski definition) is 0. The maximum absolute atomic E-state index is 11.0. The number of esters is 1. The molecule has 3 heteroatoms. The van der Waals surface area contributed by atoms with Crippen molar-refractivity contribution in [2.24, 2.45) is 0 Å². The second-order valence-electron chi connectivity index (χ2n) is 3.16. The van der Waals surface area contributed by atoms with Gasteiger partial charge in [-0.3, -0.25) is 4.79 Å². The van der Waals surface area contributed by atoms with Crippen molar-refractivity contribution < 1.29 is 9.53 Å². The van der Waals surface area contributed by atoms with E-state index in [2.05, 4.69) is 4.74 Å². The Bertz CT molecular complexity index is 340. The largest absolute Gasteiger partial charge is 0.450 e. The molecular weight excluding hydrogens is 190 g/mol. The molecule has 0 bridgehead atoms. The molecule has 0 amide bonds. The predicted octanol–water partition coefficient (Wildman–Crippen LogP) is 2.08. The van der Waals surface area contributed by atoms with Crippen molar-refractivity contribution in [1.82, 2.24) is 0 Å². The van der Waals surface area contributed by atoms with E-state index >= 15 is 0 Å². The van der Waals surface area contributed by atoms with Crippen LogP contribution in [0.2, 0.25) is 0 Å². The van der Waals surface area contributed by atoms with Crippen molar-refractivity contribution in [1.29, 1.82) is 5.26 Å². The van der Waals surface area contributed by atoms with E-state index in [0.29, 0.717) is 6.42 Å². The van der Waals surface area contributed by atoms with Crippen molar-refractivity contribution in [3.05, 3.63) is 35.9 Å². The number of aryl methyl sites for hydroxylation is 1. The quantitative estimate of drug-likeness (QED) is 0.688. The van der Waals surface area contributed by atoms with Gasteiger partial charge in [-0.15, -0.1) is 0 Å². The van der Waals surface area contributed by atoms with Crippen molar-refractivity contribution in [2.75, 3.05) is 6.61 Å². The molecule has 0 saturated heterocycles. The Balaban J connectivity index is 2.17. The third-order valence-corrected chi connectivity index (χ3v) is 1.99. The van der Waals surface area contributed by atoms with E-state index in [-0.39, 0.29) is 12.6 Å². The maximum atomic E-state index is 11.0. The van der Waals surface area contributed by atoms with Gasteiger partial charge in [-0.25, -0.2) is 0 Å². The first-order valence-electron chi connectivity index (χ1n) is 4.89. The molecule has 0 fully saturated rings. The lowest BCUT2D eigenvalue weighted by molar-refractivity contribution is -0.142. The van der Waals surface area contributed by atoms with Crippen LogP contribution in [0.15, 0.2) is 30.3 Å². The van der Waals surface area contributed by atoms with Crippen LogP contribution in [0.4, 0.5) is 0 Å². The van der Waals surface area contributed by atoms with E-state index in [0.717, 1.165) is 12.8 Å². The van der Waals surface area contributed by atoms with Crippen LogP contribution in [0.5, 0.6) is 0 Å². The summed E-state index contributed by atoms with van der Waals surface area (Å²) in [5.74, 6) is -0.299. The molecule has 0 unspecified atom stereocenters. The van der Waals surface area contributed by atoms with Crippen LogP contribution in [0.3, 0.4) is 0 Å². The molecule has 0 radical (unpaired) electrons. The van der Waals surface area contributed by atoms with Crippen LogP contribution in [0, 0.1) is 11.3 Å². The Labute approximate surface area is 89.3 Å². The van der Waals surface area contributed by atoms with Crippen molar-refractivity contribution in [2.45, 2.75) is 19.3 Å². The van der Waals surface area contributed by atoms with Crippen molar-refractivity contribution in [3.8, 4) is 6.07 Å². The molecule has 0 saturated carbocycles. The summed E-state index contributed by atoms with van der Waals surface area (Å²) >= 11 is 0. The molecule has 1 rings (SSSR count). The molecule has 3 nitrogen and oxygen atoms in total. The number of nitrogens with zero attached hydrogens (tertiary/aromatic N) is 1. The molecule has 0 spiro atoms. The van der Waals surface area contributed by atoms with Crippen LogP contribution >= 0.6 is 0 Å². The van der Waals surface area contributed by atoms with Gasteiger partial charge in [0, 0.05) is 6.42 Å². The Morgan fingerprint density at radius 1 is 1.33 bits per heavy atom. The molecule has 1 aromatic rings. The summed E-state index contributed by atoms with van der Waals surface area (Å²) in [6.45, 7) is -0.149. The Hall–Kier alpha value is -1.82. The molecule has 1 aromatic carbocycles. The highest BCUT2D eigenvalue weighted by Crippen LogP contribution is 2.04. The number of carbonyl (C=O) groups excluding carboxylic acids is 1. The first-order valence-corrected chi connectivity index (χ1v) is 4.89. The lowest BCUT2D eigenvalue weighted by atomic mass is 10.1. The highest BCUT2D eigenvalue weighted by molar-refractivity contribution is 5.69. The number of carbonyl (C=O) groups is 1. The topological polar surface area (TPSA) is 50.1 Å². The highest BCUT2D eigenvalue weighted by Gasteiger charge is 2.01. The smallest absolute Gasteiger partial charge is 0.306 e. The Kier molecular flexibility index (Phi) is 4.96. The van der Waals surface area contributed by atoms with Gasteiger partial charge in [0.25, 0.3) is 0 Å². The molecule has 0 aromatic heterocycles. The second-order valence-corrected chi connectivity index (χ2v) is 3.16. The normalized spacial score (nSPS) is 9.27. The third kappa shape index (κ3) is 4.82.